The molecule has 0 saturated carbocycles. The van der Waals surface area contributed by atoms with Crippen LogP contribution in [0.2, 0.25) is 0 Å². The average Bonchev–Trinajstić information content (AvgIpc) is 2.46. The van der Waals surface area contributed by atoms with Crippen LogP contribution in [0, 0.1) is 0 Å². The molecule has 19 heavy (non-hydrogen) atoms. The number of β-lactam (4-membered cyclic amide) rings is 1. The molecule has 1 fully saturated rings. The van der Waals surface area contributed by atoms with E-state index in [4.69, 9.17) is 4.84 Å². The first-order valence-corrected chi connectivity index (χ1v) is 6.32. The Hall–Kier alpha value is -2.13. The van der Waals surface area contributed by atoms with Gasteiger partial charge >= 0.3 is 0 Å². The van der Waals surface area contributed by atoms with E-state index in [0.29, 0.717) is 6.42 Å². The zero-order valence-corrected chi connectivity index (χ0v) is 10.7. The van der Waals surface area contributed by atoms with Crippen molar-refractivity contribution in [1.29, 1.82) is 0 Å². The summed E-state index contributed by atoms with van der Waals surface area (Å²) in [6, 6.07) is 18.4. The Kier molecular flexibility index (Phi) is 3.05. The molecule has 3 rings (SSSR count). The molecular formula is C16H15NO2. The summed E-state index contributed by atoms with van der Waals surface area (Å²) in [6.45, 7) is 0. The second-order valence-corrected chi connectivity index (χ2v) is 4.58. The van der Waals surface area contributed by atoms with E-state index in [1.54, 1.807) is 0 Å². The summed E-state index contributed by atoms with van der Waals surface area (Å²) in [5.74, 6) is 0.0374. The van der Waals surface area contributed by atoms with Gasteiger partial charge < -0.3 is 0 Å². The van der Waals surface area contributed by atoms with Gasteiger partial charge in [-0.1, -0.05) is 54.6 Å². The predicted octanol–water partition coefficient (Wildman–Crippen LogP) is 3.19. The van der Waals surface area contributed by atoms with Gasteiger partial charge in [0.25, 0.3) is 0 Å². The number of nitrogens with zero attached hydrogens (tertiary/aromatic N) is 1. The van der Waals surface area contributed by atoms with Crippen LogP contribution in [0.15, 0.2) is 54.6 Å². The predicted molar refractivity (Wildman–Crippen MR) is 73.1 cm³/mol. The topological polar surface area (TPSA) is 29.5 Å². The number of hydrogen-bond donors (Lipinski definition) is 0. The highest BCUT2D eigenvalue weighted by Gasteiger charge is 2.39. The number of benzene rings is 2. The molecule has 3 heteroatoms. The van der Waals surface area contributed by atoms with E-state index in [2.05, 4.69) is 24.3 Å². The zero-order chi connectivity index (χ0) is 13.2. The number of hydrogen-bond acceptors (Lipinski definition) is 2. The minimum absolute atomic E-state index is 0.0221. The van der Waals surface area contributed by atoms with E-state index in [1.165, 1.54) is 12.2 Å². The molecule has 0 aliphatic carbocycles. The van der Waals surface area contributed by atoms with Gasteiger partial charge in [0.05, 0.1) is 19.6 Å². The van der Waals surface area contributed by atoms with Crippen LogP contribution in [0.25, 0.3) is 11.1 Å². The van der Waals surface area contributed by atoms with Crippen molar-refractivity contribution < 1.29 is 9.63 Å². The van der Waals surface area contributed by atoms with Crippen molar-refractivity contribution in [3.05, 3.63) is 60.2 Å². The van der Waals surface area contributed by atoms with Gasteiger partial charge in [0.15, 0.2) is 0 Å². The number of carbonyl (C=O) groups excluding carboxylic acids is 1. The zero-order valence-electron chi connectivity index (χ0n) is 10.7. The quantitative estimate of drug-likeness (QED) is 0.786. The van der Waals surface area contributed by atoms with E-state index in [9.17, 15) is 4.79 Å². The van der Waals surface area contributed by atoms with Gasteiger partial charge in [0.1, 0.15) is 0 Å². The maximum Gasteiger partial charge on any atom is 0.249 e. The lowest BCUT2D eigenvalue weighted by atomic mass is 9.89. The van der Waals surface area contributed by atoms with Gasteiger partial charge in [-0.2, -0.15) is 0 Å². The lowest BCUT2D eigenvalue weighted by Crippen LogP contribution is -2.45. The third-order valence-corrected chi connectivity index (χ3v) is 3.50. The van der Waals surface area contributed by atoms with Crippen molar-refractivity contribution >= 4 is 5.91 Å². The molecule has 1 saturated heterocycles. The Morgan fingerprint density at radius 2 is 1.74 bits per heavy atom. The molecule has 96 valence electrons. The molecule has 0 N–H and O–H groups in total. The fourth-order valence-corrected chi connectivity index (χ4v) is 2.53. The second-order valence-electron chi connectivity index (χ2n) is 4.58. The van der Waals surface area contributed by atoms with Crippen LogP contribution in [0.5, 0.6) is 0 Å². The van der Waals surface area contributed by atoms with Crippen molar-refractivity contribution in [3.63, 3.8) is 0 Å². The van der Waals surface area contributed by atoms with Gasteiger partial charge in [-0.3, -0.25) is 9.63 Å². The van der Waals surface area contributed by atoms with E-state index in [0.717, 1.165) is 16.7 Å². The van der Waals surface area contributed by atoms with E-state index >= 15 is 0 Å². The third kappa shape index (κ3) is 2.02. The van der Waals surface area contributed by atoms with Gasteiger partial charge in [-0.05, 0) is 16.7 Å². The fourth-order valence-electron chi connectivity index (χ4n) is 2.53. The third-order valence-electron chi connectivity index (χ3n) is 3.50. The Bertz CT molecular complexity index is 595. The van der Waals surface area contributed by atoms with E-state index < -0.39 is 0 Å². The molecule has 1 heterocycles. The van der Waals surface area contributed by atoms with Gasteiger partial charge in [-0.25, -0.2) is 5.06 Å². The summed E-state index contributed by atoms with van der Waals surface area (Å²) in [5.41, 5.74) is 3.45. The number of hydroxylamine groups is 2. The van der Waals surface area contributed by atoms with Crippen LogP contribution < -0.4 is 0 Å². The fraction of sp³-hybridized carbons (Fsp3) is 0.188. The van der Waals surface area contributed by atoms with Gasteiger partial charge in [0, 0.05) is 0 Å². The highest BCUT2D eigenvalue weighted by molar-refractivity contribution is 5.84. The first-order valence-electron chi connectivity index (χ1n) is 6.32. The molecule has 1 atom stereocenters. The van der Waals surface area contributed by atoms with Gasteiger partial charge in [0.2, 0.25) is 5.91 Å². The van der Waals surface area contributed by atoms with Crippen molar-refractivity contribution in [2.45, 2.75) is 12.5 Å². The van der Waals surface area contributed by atoms with Crippen LogP contribution in [0.1, 0.15) is 18.0 Å². The summed E-state index contributed by atoms with van der Waals surface area (Å²) in [5, 5.41) is 1.45. The Labute approximate surface area is 112 Å². The molecule has 1 aliphatic heterocycles. The summed E-state index contributed by atoms with van der Waals surface area (Å²) >= 11 is 0. The van der Waals surface area contributed by atoms with E-state index in [1.807, 2.05) is 30.3 Å². The lowest BCUT2D eigenvalue weighted by molar-refractivity contribution is -0.217. The number of amides is 1. The molecule has 0 aromatic heterocycles. The average molecular weight is 253 g/mol. The van der Waals surface area contributed by atoms with Crippen molar-refractivity contribution in [3.8, 4) is 11.1 Å². The number of carbonyl (C=O) groups is 1. The maximum absolute atomic E-state index is 11.5. The standard InChI is InChI=1S/C16H15NO2/c1-19-17-15(11-16(17)18)14-10-6-5-9-13(14)12-7-3-2-4-8-12/h2-10,15H,11H2,1H3. The summed E-state index contributed by atoms with van der Waals surface area (Å²) < 4.78 is 0. The molecule has 0 spiro atoms. The molecule has 2 aromatic rings. The van der Waals surface area contributed by atoms with Crippen molar-refractivity contribution in [2.75, 3.05) is 7.11 Å². The molecule has 3 nitrogen and oxygen atoms in total. The first kappa shape index (κ1) is 11.9. The largest absolute Gasteiger partial charge is 0.274 e. The molecule has 1 unspecified atom stereocenters. The summed E-state index contributed by atoms with van der Waals surface area (Å²) in [6.07, 6.45) is 0.512. The van der Waals surface area contributed by atoms with Crippen molar-refractivity contribution in [1.82, 2.24) is 5.06 Å². The SMILES string of the molecule is CON1C(=O)CC1c1ccccc1-c1ccccc1. The number of rotatable bonds is 3. The Morgan fingerprint density at radius 3 is 2.42 bits per heavy atom. The van der Waals surface area contributed by atoms with Crippen LogP contribution in [-0.4, -0.2) is 18.1 Å². The summed E-state index contributed by atoms with van der Waals surface area (Å²) in [7, 11) is 1.54. The van der Waals surface area contributed by atoms with Gasteiger partial charge in [-0.15, -0.1) is 0 Å². The smallest absolute Gasteiger partial charge is 0.249 e. The Morgan fingerprint density at radius 1 is 1.05 bits per heavy atom. The normalized spacial score (nSPS) is 18.3. The maximum atomic E-state index is 11.5. The molecule has 2 aromatic carbocycles. The monoisotopic (exact) mass is 253 g/mol. The van der Waals surface area contributed by atoms with E-state index in [-0.39, 0.29) is 11.9 Å². The Balaban J connectivity index is 2.02. The molecule has 1 amide bonds. The van der Waals surface area contributed by atoms with Crippen LogP contribution in [0.4, 0.5) is 0 Å². The van der Waals surface area contributed by atoms with Crippen LogP contribution in [0.3, 0.4) is 0 Å². The minimum Gasteiger partial charge on any atom is -0.274 e. The lowest BCUT2D eigenvalue weighted by Gasteiger charge is -2.38. The molecule has 1 aliphatic rings. The highest BCUT2D eigenvalue weighted by Crippen LogP contribution is 2.39. The molecule has 0 radical (unpaired) electrons. The summed E-state index contributed by atoms with van der Waals surface area (Å²) in [4.78, 5) is 16.6. The van der Waals surface area contributed by atoms with Crippen molar-refractivity contribution in [2.24, 2.45) is 0 Å². The minimum atomic E-state index is 0.0221. The van der Waals surface area contributed by atoms with Crippen LogP contribution >= 0.6 is 0 Å². The second kappa shape index (κ2) is 4.86. The molecule has 0 bridgehead atoms. The highest BCUT2D eigenvalue weighted by atomic mass is 16.7. The first-order chi connectivity index (χ1) is 9.31. The van der Waals surface area contributed by atoms with Crippen LogP contribution in [-0.2, 0) is 9.63 Å². The molecular weight excluding hydrogens is 238 g/mol.